The van der Waals surface area contributed by atoms with Gasteiger partial charge in [0, 0.05) is 12.6 Å². The first kappa shape index (κ1) is 19.2. The summed E-state index contributed by atoms with van der Waals surface area (Å²) < 4.78 is 22.9. The molecule has 3 N–H and O–H groups in total. The summed E-state index contributed by atoms with van der Waals surface area (Å²) in [5, 5.41) is 8.10. The lowest BCUT2D eigenvalue weighted by Crippen LogP contribution is -2.54. The summed E-state index contributed by atoms with van der Waals surface area (Å²) in [7, 11) is -3.06. The summed E-state index contributed by atoms with van der Waals surface area (Å²) in [5.74, 6) is -0.335. The number of hydrogen-bond acceptors (Lipinski definition) is 4. The Balaban J connectivity index is 1.86. The average molecular weight is 367 g/mol. The minimum atomic E-state index is -3.06. The minimum absolute atomic E-state index is 0.0486. The highest BCUT2D eigenvalue weighted by Crippen LogP contribution is 2.11. The fraction of sp³-hybridized carbons (Fsp3) is 0.529. The number of rotatable bonds is 6. The first-order valence-electron chi connectivity index (χ1n) is 8.36. The van der Waals surface area contributed by atoms with Crippen molar-refractivity contribution in [3.05, 3.63) is 35.9 Å². The number of urea groups is 1. The van der Waals surface area contributed by atoms with Gasteiger partial charge in [-0.25, -0.2) is 13.2 Å². The topological polar surface area (TPSA) is 104 Å². The quantitative estimate of drug-likeness (QED) is 0.692. The van der Waals surface area contributed by atoms with Crippen molar-refractivity contribution in [2.24, 2.45) is 5.92 Å². The van der Waals surface area contributed by atoms with Crippen LogP contribution in [0.4, 0.5) is 4.79 Å². The molecule has 1 aromatic rings. The van der Waals surface area contributed by atoms with Gasteiger partial charge in [0.15, 0.2) is 9.84 Å². The Hall–Kier alpha value is -2.09. The van der Waals surface area contributed by atoms with Crippen molar-refractivity contribution in [3.63, 3.8) is 0 Å². The molecule has 0 unspecified atom stereocenters. The third-order valence-corrected chi connectivity index (χ3v) is 5.88. The van der Waals surface area contributed by atoms with Crippen molar-refractivity contribution in [2.75, 3.05) is 11.5 Å². The first-order chi connectivity index (χ1) is 11.8. The van der Waals surface area contributed by atoms with Crippen LogP contribution in [0.25, 0.3) is 0 Å². The molecule has 0 spiro atoms. The average Bonchev–Trinajstić information content (AvgIpc) is 2.89. The van der Waals surface area contributed by atoms with Gasteiger partial charge in [-0.05, 0) is 17.9 Å². The van der Waals surface area contributed by atoms with Crippen LogP contribution in [-0.4, -0.2) is 43.9 Å². The van der Waals surface area contributed by atoms with Crippen LogP contribution in [0.1, 0.15) is 25.8 Å². The van der Waals surface area contributed by atoms with E-state index in [-0.39, 0.29) is 23.3 Å². The number of carbonyl (C=O) groups is 2. The van der Waals surface area contributed by atoms with E-state index in [1.165, 1.54) is 0 Å². The summed E-state index contributed by atoms with van der Waals surface area (Å²) in [6, 6.07) is 7.89. The molecule has 0 bridgehead atoms. The molecular weight excluding hydrogens is 342 g/mol. The normalized spacial score (nSPS) is 20.0. The second kappa shape index (κ2) is 8.33. The van der Waals surface area contributed by atoms with E-state index in [4.69, 9.17) is 0 Å². The molecule has 1 aromatic carbocycles. The predicted octanol–water partition coefficient (Wildman–Crippen LogP) is 0.814. The van der Waals surface area contributed by atoms with Crippen molar-refractivity contribution < 1.29 is 18.0 Å². The Kier molecular flexibility index (Phi) is 6.41. The SMILES string of the molecule is CC(C)[C@H](NC(=O)N[C@H]1CCS(=O)(=O)C1)C(=O)NCc1ccccc1. The number of carbonyl (C=O) groups excluding carboxylic acids is 2. The molecule has 2 rings (SSSR count). The minimum Gasteiger partial charge on any atom is -0.350 e. The Morgan fingerprint density at radius 3 is 2.44 bits per heavy atom. The number of nitrogens with one attached hydrogen (secondary N) is 3. The molecule has 2 atom stereocenters. The van der Waals surface area contributed by atoms with E-state index in [9.17, 15) is 18.0 Å². The maximum absolute atomic E-state index is 12.4. The van der Waals surface area contributed by atoms with Crippen molar-refractivity contribution in [1.29, 1.82) is 0 Å². The van der Waals surface area contributed by atoms with Gasteiger partial charge in [-0.1, -0.05) is 44.2 Å². The second-order valence-electron chi connectivity index (χ2n) is 6.64. The van der Waals surface area contributed by atoms with Crippen LogP contribution >= 0.6 is 0 Å². The summed E-state index contributed by atoms with van der Waals surface area (Å²) in [6.07, 6.45) is 0.405. The molecular formula is C17H25N3O4S. The number of benzene rings is 1. The third-order valence-electron chi connectivity index (χ3n) is 4.11. The van der Waals surface area contributed by atoms with E-state index in [1.54, 1.807) is 0 Å². The first-order valence-corrected chi connectivity index (χ1v) is 10.2. The molecule has 0 saturated carbocycles. The van der Waals surface area contributed by atoms with Crippen LogP contribution < -0.4 is 16.0 Å². The van der Waals surface area contributed by atoms with Crippen LogP contribution in [0.5, 0.6) is 0 Å². The molecule has 1 saturated heterocycles. The molecule has 7 nitrogen and oxygen atoms in total. The summed E-state index contributed by atoms with van der Waals surface area (Å²) in [6.45, 7) is 4.06. The third kappa shape index (κ3) is 6.04. The lowest BCUT2D eigenvalue weighted by atomic mass is 10.0. The lowest BCUT2D eigenvalue weighted by Gasteiger charge is -2.23. The zero-order valence-electron chi connectivity index (χ0n) is 14.5. The van der Waals surface area contributed by atoms with Gasteiger partial charge >= 0.3 is 6.03 Å². The van der Waals surface area contributed by atoms with E-state index >= 15 is 0 Å². The number of hydrogen-bond donors (Lipinski definition) is 3. The molecule has 3 amide bonds. The summed E-state index contributed by atoms with van der Waals surface area (Å²) in [5.41, 5.74) is 0.971. The lowest BCUT2D eigenvalue weighted by molar-refractivity contribution is -0.124. The van der Waals surface area contributed by atoms with Crippen LogP contribution in [0.15, 0.2) is 30.3 Å². The Bertz CT molecular complexity index is 704. The highest BCUT2D eigenvalue weighted by molar-refractivity contribution is 7.91. The molecule has 138 valence electrons. The largest absolute Gasteiger partial charge is 0.350 e. The Labute approximate surface area is 148 Å². The molecule has 0 aliphatic carbocycles. The Morgan fingerprint density at radius 1 is 1.20 bits per heavy atom. The standard InChI is InChI=1S/C17H25N3O4S/c1-12(2)15(16(21)18-10-13-6-4-3-5-7-13)20-17(22)19-14-8-9-25(23,24)11-14/h3-7,12,14-15H,8-11H2,1-2H3,(H,18,21)(H2,19,20,22)/t14-,15-/m0/s1. The molecule has 1 heterocycles. The molecule has 1 aliphatic heterocycles. The molecule has 1 fully saturated rings. The van der Waals surface area contributed by atoms with Crippen molar-refractivity contribution >= 4 is 21.8 Å². The zero-order chi connectivity index (χ0) is 18.4. The van der Waals surface area contributed by atoms with Gasteiger partial charge in [-0.3, -0.25) is 4.79 Å². The van der Waals surface area contributed by atoms with Crippen molar-refractivity contribution in [3.8, 4) is 0 Å². The Morgan fingerprint density at radius 2 is 1.88 bits per heavy atom. The van der Waals surface area contributed by atoms with Gasteiger partial charge < -0.3 is 16.0 Å². The molecule has 25 heavy (non-hydrogen) atoms. The van der Waals surface area contributed by atoms with E-state index in [0.717, 1.165) is 5.56 Å². The second-order valence-corrected chi connectivity index (χ2v) is 8.87. The van der Waals surface area contributed by atoms with E-state index in [2.05, 4.69) is 16.0 Å². The maximum atomic E-state index is 12.4. The predicted molar refractivity (Wildman–Crippen MR) is 95.6 cm³/mol. The van der Waals surface area contributed by atoms with E-state index < -0.39 is 28.0 Å². The van der Waals surface area contributed by atoms with Crippen LogP contribution in [-0.2, 0) is 21.2 Å². The van der Waals surface area contributed by atoms with Crippen LogP contribution in [0, 0.1) is 5.92 Å². The summed E-state index contributed by atoms with van der Waals surface area (Å²) >= 11 is 0. The molecule has 1 aliphatic rings. The zero-order valence-corrected chi connectivity index (χ0v) is 15.3. The van der Waals surface area contributed by atoms with Crippen molar-refractivity contribution in [1.82, 2.24) is 16.0 Å². The molecule has 0 aromatic heterocycles. The van der Waals surface area contributed by atoms with Gasteiger partial charge in [-0.2, -0.15) is 0 Å². The van der Waals surface area contributed by atoms with Gasteiger partial charge in [0.05, 0.1) is 11.5 Å². The highest BCUT2D eigenvalue weighted by Gasteiger charge is 2.30. The fourth-order valence-corrected chi connectivity index (χ4v) is 4.38. The fourth-order valence-electron chi connectivity index (χ4n) is 2.71. The monoisotopic (exact) mass is 367 g/mol. The van der Waals surface area contributed by atoms with Crippen LogP contribution in [0.2, 0.25) is 0 Å². The van der Waals surface area contributed by atoms with Crippen LogP contribution in [0.3, 0.4) is 0 Å². The number of amides is 3. The smallest absolute Gasteiger partial charge is 0.315 e. The van der Waals surface area contributed by atoms with Crippen molar-refractivity contribution in [2.45, 2.75) is 38.9 Å². The van der Waals surface area contributed by atoms with E-state index in [0.29, 0.717) is 13.0 Å². The maximum Gasteiger partial charge on any atom is 0.315 e. The summed E-state index contributed by atoms with van der Waals surface area (Å²) in [4.78, 5) is 24.5. The van der Waals surface area contributed by atoms with Gasteiger partial charge in [0.25, 0.3) is 0 Å². The molecule has 0 radical (unpaired) electrons. The highest BCUT2D eigenvalue weighted by atomic mass is 32.2. The van der Waals surface area contributed by atoms with Gasteiger partial charge in [-0.15, -0.1) is 0 Å². The van der Waals surface area contributed by atoms with Gasteiger partial charge in [0.2, 0.25) is 5.91 Å². The van der Waals surface area contributed by atoms with Gasteiger partial charge in [0.1, 0.15) is 6.04 Å². The van der Waals surface area contributed by atoms with E-state index in [1.807, 2.05) is 44.2 Å². The molecule has 8 heteroatoms. The number of sulfone groups is 1.